The maximum absolute atomic E-state index is 12.9. The minimum Gasteiger partial charge on any atom is -0.391 e. The third kappa shape index (κ3) is 36.3. The summed E-state index contributed by atoms with van der Waals surface area (Å²) in [5.41, 5.74) is 10.8. The highest BCUT2D eigenvalue weighted by Crippen LogP contribution is 2.15. The quantitative estimate of drug-likeness (QED) is 0.0199. The number of allylic oxidation sites excluding steroid dienone is 5. The first kappa shape index (κ1) is 70.2. The zero-order valence-electron chi connectivity index (χ0n) is 47.8. The first-order chi connectivity index (χ1) is 36.7. The van der Waals surface area contributed by atoms with Crippen LogP contribution >= 0.6 is 0 Å². The lowest BCUT2D eigenvalue weighted by Crippen LogP contribution is -2.61. The molecule has 76 heavy (non-hydrogen) atoms. The number of unbranched alkanes of at least 4 members (excludes halogenated alkanes) is 4. The molecule has 3 aliphatic rings. The molecule has 9 unspecified atom stereocenters. The molecule has 0 aromatic carbocycles. The Balaban J connectivity index is 0.000000893. The van der Waals surface area contributed by atoms with Crippen LogP contribution in [0.25, 0.3) is 0 Å². The summed E-state index contributed by atoms with van der Waals surface area (Å²) in [6.07, 6.45) is 36.2. The summed E-state index contributed by atoms with van der Waals surface area (Å²) in [4.78, 5) is 53.6. The Morgan fingerprint density at radius 2 is 0.711 bits per heavy atom. The Bertz CT molecular complexity index is 1510. The van der Waals surface area contributed by atoms with Crippen LogP contribution in [0.1, 0.15) is 176 Å². The Labute approximate surface area is 459 Å². The van der Waals surface area contributed by atoms with Gasteiger partial charge in [-0.25, -0.2) is 0 Å². The SMILES string of the molecule is CC/C=C/CC(O)CN(CCCCC1NC(=O)C(CCCCN(CC(O)C/C=C/CC)CC(O)C/C=C/CC)NC1=O)CC(O)C/C=C/CC.CC/C=C/CC1CO1.NCCCCC1NC(=O)C(CCCCN)NC1=O. The van der Waals surface area contributed by atoms with Crippen LogP contribution in [0.3, 0.4) is 0 Å². The lowest BCUT2D eigenvalue weighted by molar-refractivity contribution is -0.137. The predicted octanol–water partition coefficient (Wildman–Crippen LogP) is 5.75. The molecule has 12 N–H and O–H groups in total. The summed E-state index contributed by atoms with van der Waals surface area (Å²) in [5, 5.41) is 53.6. The van der Waals surface area contributed by atoms with Crippen molar-refractivity contribution in [3.63, 3.8) is 0 Å². The molecule has 438 valence electrons. The highest BCUT2D eigenvalue weighted by Gasteiger charge is 2.34. The average Bonchev–Trinajstić information content (AvgIpc) is 4.22. The first-order valence-corrected chi connectivity index (χ1v) is 29.4. The molecule has 0 aromatic rings. The zero-order valence-corrected chi connectivity index (χ0v) is 47.8. The molecule has 0 aromatic heterocycles. The van der Waals surface area contributed by atoms with Crippen LogP contribution in [-0.4, -0.2) is 168 Å². The standard InChI is InChI=1S/C40H72N4O6.C12H24N4O2.C7H12O/c1-5-9-13-21-33(45)29-43(30-34(46)22-14-10-6-2)27-19-17-25-37-39(49)42-38(40(50)41-37)26-18-20-28-44(31-35(47)23-15-11-7-3)32-36(48)24-16-12-8-4;13-7-3-1-5-9-11(17)16-10(12(18)15-9)6-2-4-8-14;1-2-3-4-5-7-6-8-7/h9-16,33-38,45-48H,5-8,17-32H2,1-4H3,(H,41,50)(H,42,49);9-10H,1-8,13-14H2,(H,15,18)(H,16,17);3-4,7H,2,5-6H2,1H3/b13-9+,14-10+,15-11+,16-12+;;4-3+. The van der Waals surface area contributed by atoms with Crippen molar-refractivity contribution in [2.45, 2.75) is 231 Å². The molecule has 4 amide bonds. The Kier molecular flexibility index (Phi) is 42.7. The number of carbonyl (C=O) groups excluding carboxylic acids is 4. The van der Waals surface area contributed by atoms with E-state index in [1.165, 1.54) is 0 Å². The van der Waals surface area contributed by atoms with Crippen LogP contribution in [-0.2, 0) is 23.9 Å². The van der Waals surface area contributed by atoms with Gasteiger partial charge in [0, 0.05) is 26.2 Å². The highest BCUT2D eigenvalue weighted by atomic mass is 16.6. The fourth-order valence-corrected chi connectivity index (χ4v) is 8.82. The van der Waals surface area contributed by atoms with Crippen molar-refractivity contribution in [1.29, 1.82) is 0 Å². The number of rotatable bonds is 41. The van der Waals surface area contributed by atoms with Gasteiger partial charge in [0.25, 0.3) is 0 Å². The molecule has 0 saturated carbocycles. The minimum absolute atomic E-state index is 0.0793. The topological polar surface area (TPSA) is 268 Å². The van der Waals surface area contributed by atoms with E-state index >= 15 is 0 Å². The van der Waals surface area contributed by atoms with Gasteiger partial charge in [0.15, 0.2) is 0 Å². The van der Waals surface area contributed by atoms with Crippen LogP contribution in [0.5, 0.6) is 0 Å². The highest BCUT2D eigenvalue weighted by molar-refractivity contribution is 5.97. The number of amides is 4. The normalized spacial score (nSPS) is 21.4. The van der Waals surface area contributed by atoms with Crippen molar-refractivity contribution in [1.82, 2.24) is 31.1 Å². The summed E-state index contributed by atoms with van der Waals surface area (Å²) in [5.74, 6) is -0.472. The fourth-order valence-electron chi connectivity index (χ4n) is 8.82. The Morgan fingerprint density at radius 1 is 0.447 bits per heavy atom. The van der Waals surface area contributed by atoms with Crippen LogP contribution in [0, 0.1) is 0 Å². The van der Waals surface area contributed by atoms with Gasteiger partial charge in [0.1, 0.15) is 24.2 Å². The molecule has 3 saturated heterocycles. The summed E-state index contributed by atoms with van der Waals surface area (Å²) >= 11 is 0. The summed E-state index contributed by atoms with van der Waals surface area (Å²) in [7, 11) is 0. The van der Waals surface area contributed by atoms with E-state index in [-0.39, 0.29) is 23.6 Å². The number of hydrogen-bond donors (Lipinski definition) is 10. The van der Waals surface area contributed by atoms with Gasteiger partial charge in [0.05, 0.1) is 37.1 Å². The monoisotopic (exact) mass is 1070 g/mol. The van der Waals surface area contributed by atoms with Gasteiger partial charge in [-0.2, -0.15) is 0 Å². The number of aliphatic hydroxyl groups is 4. The van der Waals surface area contributed by atoms with Gasteiger partial charge in [-0.15, -0.1) is 0 Å². The van der Waals surface area contributed by atoms with Crippen molar-refractivity contribution < 1.29 is 44.3 Å². The summed E-state index contributed by atoms with van der Waals surface area (Å²) in [6, 6.07) is -1.92. The lowest BCUT2D eigenvalue weighted by atomic mass is 10.0. The second-order valence-electron chi connectivity index (χ2n) is 20.5. The molecule has 0 radical (unpaired) electrons. The number of nitrogens with two attached hydrogens (primary N) is 2. The maximum Gasteiger partial charge on any atom is 0.243 e. The number of piperazine rings is 2. The van der Waals surface area contributed by atoms with Crippen molar-refractivity contribution in [3.05, 3.63) is 60.8 Å². The third-order valence-corrected chi connectivity index (χ3v) is 13.2. The Hall–Kier alpha value is -3.78. The van der Waals surface area contributed by atoms with Gasteiger partial charge in [0.2, 0.25) is 23.6 Å². The van der Waals surface area contributed by atoms with E-state index < -0.39 is 48.6 Å². The first-order valence-electron chi connectivity index (χ1n) is 29.4. The molecule has 17 nitrogen and oxygen atoms in total. The number of aliphatic hydroxyl groups excluding tert-OH is 4. The molecular formula is C59H108N8O9. The lowest BCUT2D eigenvalue weighted by Gasteiger charge is -2.31. The van der Waals surface area contributed by atoms with E-state index in [0.717, 1.165) is 96.5 Å². The van der Waals surface area contributed by atoms with Gasteiger partial charge in [-0.1, -0.05) is 95.4 Å². The molecule has 0 bridgehead atoms. The molecule has 17 heteroatoms. The van der Waals surface area contributed by atoms with Gasteiger partial charge in [-0.3, -0.25) is 29.0 Å². The van der Waals surface area contributed by atoms with E-state index in [1.54, 1.807) is 0 Å². The smallest absolute Gasteiger partial charge is 0.243 e. The largest absolute Gasteiger partial charge is 0.391 e. The van der Waals surface area contributed by atoms with E-state index in [0.29, 0.717) is 110 Å². The van der Waals surface area contributed by atoms with Gasteiger partial charge in [-0.05, 0) is 167 Å². The zero-order chi connectivity index (χ0) is 56.2. The van der Waals surface area contributed by atoms with Crippen LogP contribution in [0.15, 0.2) is 60.8 Å². The summed E-state index contributed by atoms with van der Waals surface area (Å²) < 4.78 is 5.00. The molecule has 0 aliphatic carbocycles. The predicted molar refractivity (Wildman–Crippen MR) is 308 cm³/mol. The van der Waals surface area contributed by atoms with Crippen LogP contribution in [0.4, 0.5) is 0 Å². The second-order valence-corrected chi connectivity index (χ2v) is 20.5. The average molecular weight is 1070 g/mol. The molecule has 3 rings (SSSR count). The van der Waals surface area contributed by atoms with Crippen LogP contribution < -0.4 is 32.7 Å². The maximum atomic E-state index is 12.9. The number of epoxide rings is 1. The van der Waals surface area contributed by atoms with Gasteiger partial charge >= 0.3 is 0 Å². The van der Waals surface area contributed by atoms with Crippen molar-refractivity contribution in [3.8, 4) is 0 Å². The van der Waals surface area contributed by atoms with Crippen molar-refractivity contribution in [2.75, 3.05) is 59.0 Å². The van der Waals surface area contributed by atoms with Crippen molar-refractivity contribution in [2.24, 2.45) is 11.5 Å². The minimum atomic E-state index is -0.566. The number of ether oxygens (including phenoxy) is 1. The van der Waals surface area contributed by atoms with Crippen LogP contribution in [0.2, 0.25) is 0 Å². The molecular weight excluding hydrogens is 965 g/mol. The molecule has 9 atom stereocenters. The Morgan fingerprint density at radius 3 is 0.961 bits per heavy atom. The summed E-state index contributed by atoms with van der Waals surface area (Å²) in [6.45, 7) is 15.8. The number of nitrogens with one attached hydrogen (secondary N) is 4. The van der Waals surface area contributed by atoms with E-state index in [4.69, 9.17) is 16.2 Å². The number of nitrogens with zero attached hydrogens (tertiary/aromatic N) is 2. The molecule has 3 fully saturated rings. The number of hydrogen-bond acceptors (Lipinski definition) is 13. The molecule has 0 spiro atoms. The second kappa shape index (κ2) is 46.2. The molecule has 3 heterocycles. The van der Waals surface area contributed by atoms with E-state index in [9.17, 15) is 39.6 Å². The fraction of sp³-hybridized carbons (Fsp3) is 0.763. The van der Waals surface area contributed by atoms with E-state index in [1.807, 2.05) is 48.6 Å². The third-order valence-electron chi connectivity index (χ3n) is 13.2. The van der Waals surface area contributed by atoms with Crippen molar-refractivity contribution >= 4 is 23.6 Å². The van der Waals surface area contributed by atoms with E-state index in [2.05, 4.69) is 77.8 Å². The van der Waals surface area contributed by atoms with Gasteiger partial charge < -0.3 is 57.9 Å². The number of carbonyl (C=O) groups is 4. The molecule has 3 aliphatic heterocycles.